The Morgan fingerprint density at radius 1 is 1.00 bits per heavy atom. The van der Waals surface area contributed by atoms with Gasteiger partial charge in [-0.25, -0.2) is 8.78 Å². The van der Waals surface area contributed by atoms with E-state index in [0.717, 1.165) is 22.3 Å². The molecule has 8 heteroatoms. The molecule has 0 aliphatic rings. The largest absolute Gasteiger partial charge is 0.339 e. The molecule has 0 bridgehead atoms. The Hall–Kier alpha value is -2.61. The van der Waals surface area contributed by atoms with E-state index in [4.69, 9.17) is 0 Å². The maximum atomic E-state index is 13.6. The highest BCUT2D eigenvalue weighted by Gasteiger charge is 2.07. The number of benzene rings is 2. The minimum atomic E-state index is -0.737. The number of nitrogens with one attached hydrogen (secondary N) is 2. The fourth-order valence-electron chi connectivity index (χ4n) is 1.84. The smallest absolute Gasteiger partial charge is 0.249 e. The molecule has 0 saturated heterocycles. The molecule has 0 spiro atoms. The van der Waals surface area contributed by atoms with E-state index in [0.29, 0.717) is 5.82 Å². The maximum Gasteiger partial charge on any atom is 0.249 e. The van der Waals surface area contributed by atoms with E-state index >= 15 is 0 Å². The summed E-state index contributed by atoms with van der Waals surface area (Å²) in [5.74, 6) is -0.866. The first kappa shape index (κ1) is 15.3. The van der Waals surface area contributed by atoms with E-state index in [1.165, 1.54) is 12.3 Å². The quantitative estimate of drug-likeness (QED) is 0.705. The normalized spacial score (nSPS) is 10.4. The van der Waals surface area contributed by atoms with Gasteiger partial charge in [-0.2, -0.15) is 10.1 Å². The van der Waals surface area contributed by atoms with E-state index < -0.39 is 11.6 Å². The van der Waals surface area contributed by atoms with Gasteiger partial charge in [-0.3, -0.25) is 0 Å². The van der Waals surface area contributed by atoms with Crippen LogP contribution in [0, 0.1) is 11.6 Å². The van der Waals surface area contributed by atoms with Gasteiger partial charge in [0.05, 0.1) is 11.9 Å². The highest BCUT2D eigenvalue weighted by atomic mass is 79.9. The van der Waals surface area contributed by atoms with Crippen molar-refractivity contribution in [3.05, 3.63) is 64.8 Å². The van der Waals surface area contributed by atoms with Crippen molar-refractivity contribution in [1.29, 1.82) is 0 Å². The summed E-state index contributed by atoms with van der Waals surface area (Å²) in [6.45, 7) is 0. The third-order valence-corrected chi connectivity index (χ3v) is 3.33. The van der Waals surface area contributed by atoms with Crippen LogP contribution in [0.1, 0.15) is 0 Å². The van der Waals surface area contributed by atoms with Crippen LogP contribution in [-0.4, -0.2) is 15.2 Å². The maximum absolute atomic E-state index is 13.6. The second-order valence-corrected chi connectivity index (χ2v) is 5.47. The Labute approximate surface area is 138 Å². The zero-order chi connectivity index (χ0) is 16.2. The third-order valence-electron chi connectivity index (χ3n) is 2.83. The first-order valence-corrected chi connectivity index (χ1v) is 7.34. The van der Waals surface area contributed by atoms with Crippen LogP contribution in [0.15, 0.2) is 53.1 Å². The lowest BCUT2D eigenvalue weighted by atomic mass is 10.3. The number of hydrogen-bond acceptors (Lipinski definition) is 5. The molecule has 0 saturated carbocycles. The molecule has 1 heterocycles. The lowest BCUT2D eigenvalue weighted by Gasteiger charge is -2.08. The van der Waals surface area contributed by atoms with Crippen LogP contribution in [0.2, 0.25) is 0 Å². The van der Waals surface area contributed by atoms with Gasteiger partial charge in [-0.15, -0.1) is 5.10 Å². The number of halogens is 3. The van der Waals surface area contributed by atoms with Crippen LogP contribution in [0.25, 0.3) is 0 Å². The second-order valence-electron chi connectivity index (χ2n) is 4.55. The first-order chi connectivity index (χ1) is 11.1. The predicted molar refractivity (Wildman–Crippen MR) is 86.9 cm³/mol. The van der Waals surface area contributed by atoms with Gasteiger partial charge in [-0.05, 0) is 30.3 Å². The monoisotopic (exact) mass is 377 g/mol. The molecule has 3 aromatic rings. The molecule has 0 amide bonds. The minimum absolute atomic E-state index is 0.0628. The van der Waals surface area contributed by atoms with Crippen molar-refractivity contribution in [2.75, 3.05) is 10.6 Å². The zero-order valence-corrected chi connectivity index (χ0v) is 13.2. The summed E-state index contributed by atoms with van der Waals surface area (Å²) in [4.78, 5) is 4.18. The lowest BCUT2D eigenvalue weighted by Crippen LogP contribution is -2.03. The molecule has 2 aromatic carbocycles. The SMILES string of the molecule is Fc1ccc(Nc2nncc(Nc3cccc(Br)c3)n2)c(F)c1. The van der Waals surface area contributed by atoms with Crippen molar-refractivity contribution in [3.63, 3.8) is 0 Å². The second kappa shape index (κ2) is 6.66. The highest BCUT2D eigenvalue weighted by Crippen LogP contribution is 2.21. The molecule has 2 N–H and O–H groups in total. The summed E-state index contributed by atoms with van der Waals surface area (Å²) in [6.07, 6.45) is 1.44. The van der Waals surface area contributed by atoms with Crippen LogP contribution in [0.5, 0.6) is 0 Å². The Balaban J connectivity index is 1.79. The van der Waals surface area contributed by atoms with Crippen molar-refractivity contribution in [2.45, 2.75) is 0 Å². The molecular formula is C15H10BrF2N5. The van der Waals surface area contributed by atoms with Gasteiger partial charge in [0.25, 0.3) is 0 Å². The van der Waals surface area contributed by atoms with Gasteiger partial charge in [-0.1, -0.05) is 22.0 Å². The first-order valence-electron chi connectivity index (χ1n) is 6.54. The number of hydrogen-bond donors (Lipinski definition) is 2. The average molecular weight is 378 g/mol. The summed E-state index contributed by atoms with van der Waals surface area (Å²) in [5, 5.41) is 13.3. The van der Waals surface area contributed by atoms with Crippen molar-refractivity contribution in [2.24, 2.45) is 0 Å². The van der Waals surface area contributed by atoms with Crippen molar-refractivity contribution in [3.8, 4) is 0 Å². The lowest BCUT2D eigenvalue weighted by molar-refractivity contribution is 0.586. The Morgan fingerprint density at radius 2 is 1.87 bits per heavy atom. The van der Waals surface area contributed by atoms with Gasteiger partial charge in [0, 0.05) is 16.2 Å². The topological polar surface area (TPSA) is 62.7 Å². The highest BCUT2D eigenvalue weighted by molar-refractivity contribution is 9.10. The predicted octanol–water partition coefficient (Wildman–Crippen LogP) is 4.40. The molecule has 0 aliphatic carbocycles. The molecule has 0 fully saturated rings. The molecule has 23 heavy (non-hydrogen) atoms. The van der Waals surface area contributed by atoms with E-state index in [9.17, 15) is 8.78 Å². The van der Waals surface area contributed by atoms with Crippen LogP contribution < -0.4 is 10.6 Å². The molecule has 1 aromatic heterocycles. The fraction of sp³-hybridized carbons (Fsp3) is 0. The fourth-order valence-corrected chi connectivity index (χ4v) is 2.24. The van der Waals surface area contributed by atoms with Crippen molar-refractivity contribution in [1.82, 2.24) is 15.2 Å². The zero-order valence-electron chi connectivity index (χ0n) is 11.6. The molecule has 0 radical (unpaired) electrons. The van der Waals surface area contributed by atoms with Crippen LogP contribution >= 0.6 is 15.9 Å². The van der Waals surface area contributed by atoms with Gasteiger partial charge in [0.1, 0.15) is 11.6 Å². The summed E-state index contributed by atoms with van der Waals surface area (Å²) >= 11 is 3.37. The molecule has 0 aliphatic heterocycles. The van der Waals surface area contributed by atoms with Crippen molar-refractivity contribution >= 4 is 39.1 Å². The van der Waals surface area contributed by atoms with Crippen LogP contribution in [0.4, 0.5) is 31.9 Å². The standard InChI is InChI=1S/C15H10BrF2N5/c16-9-2-1-3-11(6-9)20-14-8-19-23-15(22-14)21-13-5-4-10(17)7-12(13)18/h1-8H,(H2,20,21,22,23). The Kier molecular flexibility index (Phi) is 4.42. The molecule has 0 unspecified atom stereocenters. The van der Waals surface area contributed by atoms with E-state index in [1.54, 1.807) is 0 Å². The van der Waals surface area contributed by atoms with Crippen molar-refractivity contribution < 1.29 is 8.78 Å². The summed E-state index contributed by atoms with van der Waals surface area (Å²) in [5.41, 5.74) is 0.867. The molecule has 5 nitrogen and oxygen atoms in total. The van der Waals surface area contributed by atoms with Crippen LogP contribution in [0.3, 0.4) is 0 Å². The molecule has 3 rings (SSSR count). The molecule has 116 valence electrons. The van der Waals surface area contributed by atoms with E-state index in [1.807, 2.05) is 24.3 Å². The van der Waals surface area contributed by atoms with Gasteiger partial charge < -0.3 is 10.6 Å². The third kappa shape index (κ3) is 3.98. The van der Waals surface area contributed by atoms with E-state index in [2.05, 4.69) is 41.7 Å². The number of anilines is 4. The minimum Gasteiger partial charge on any atom is -0.339 e. The Morgan fingerprint density at radius 3 is 2.65 bits per heavy atom. The van der Waals surface area contributed by atoms with Gasteiger partial charge in [0.2, 0.25) is 5.95 Å². The van der Waals surface area contributed by atoms with Gasteiger partial charge in [0.15, 0.2) is 5.82 Å². The number of nitrogens with zero attached hydrogens (tertiary/aromatic N) is 3. The molecule has 0 atom stereocenters. The average Bonchev–Trinajstić information content (AvgIpc) is 2.51. The number of aromatic nitrogens is 3. The van der Waals surface area contributed by atoms with Gasteiger partial charge >= 0.3 is 0 Å². The summed E-state index contributed by atoms with van der Waals surface area (Å²) in [6, 6.07) is 10.7. The van der Waals surface area contributed by atoms with Crippen LogP contribution in [-0.2, 0) is 0 Å². The molecular weight excluding hydrogens is 368 g/mol. The number of rotatable bonds is 4. The summed E-state index contributed by atoms with van der Waals surface area (Å²) in [7, 11) is 0. The Bertz CT molecular complexity index is 844. The summed E-state index contributed by atoms with van der Waals surface area (Å²) < 4.78 is 27.4. The van der Waals surface area contributed by atoms with E-state index in [-0.39, 0.29) is 11.6 Å².